The molecule has 11 heteroatoms. The Balaban J connectivity index is 1.30. The first-order valence-corrected chi connectivity index (χ1v) is 14.9. The molecule has 42 heavy (non-hydrogen) atoms. The maximum Gasteiger partial charge on any atom is 0.150 e. The fourth-order valence-electron chi connectivity index (χ4n) is 5.38. The van der Waals surface area contributed by atoms with Gasteiger partial charge < -0.3 is 14.2 Å². The van der Waals surface area contributed by atoms with Crippen LogP contribution >= 0.6 is 23.2 Å². The minimum atomic E-state index is -0.444. The second-order valence-electron chi connectivity index (χ2n) is 10.5. The van der Waals surface area contributed by atoms with E-state index in [0.29, 0.717) is 45.8 Å². The molecule has 0 spiro atoms. The van der Waals surface area contributed by atoms with Crippen LogP contribution in [0.5, 0.6) is 5.75 Å². The first kappa shape index (κ1) is 29.0. The van der Waals surface area contributed by atoms with Crippen LogP contribution in [0.1, 0.15) is 61.0 Å². The summed E-state index contributed by atoms with van der Waals surface area (Å²) in [7, 11) is 0. The van der Waals surface area contributed by atoms with Crippen LogP contribution in [0, 0.1) is 0 Å². The molecule has 0 amide bonds. The van der Waals surface area contributed by atoms with Crippen molar-refractivity contribution in [2.75, 3.05) is 32.9 Å². The number of ether oxygens (including phenoxy) is 3. The van der Waals surface area contributed by atoms with Crippen molar-refractivity contribution < 1.29 is 18.6 Å². The number of rotatable bonds is 8. The largest absolute Gasteiger partial charge is 0.486 e. The van der Waals surface area contributed by atoms with Crippen LogP contribution in [0.15, 0.2) is 48.9 Å². The van der Waals surface area contributed by atoms with Crippen molar-refractivity contribution in [3.63, 3.8) is 0 Å². The minimum Gasteiger partial charge on any atom is -0.486 e. The van der Waals surface area contributed by atoms with Gasteiger partial charge >= 0.3 is 0 Å². The first-order valence-electron chi connectivity index (χ1n) is 14.2. The quantitative estimate of drug-likeness (QED) is 0.207. The number of hydrogen-bond acceptors (Lipinski definition) is 7. The Hall–Kier alpha value is -3.08. The summed E-state index contributed by atoms with van der Waals surface area (Å²) in [6, 6.07) is 9.28. The van der Waals surface area contributed by atoms with Crippen LogP contribution in [-0.4, -0.2) is 57.6 Å². The second kappa shape index (κ2) is 13.1. The fourth-order valence-corrected chi connectivity index (χ4v) is 6.06. The third kappa shape index (κ3) is 6.45. The summed E-state index contributed by atoms with van der Waals surface area (Å²) in [5.41, 5.74) is 3.24. The van der Waals surface area contributed by atoms with Crippen molar-refractivity contribution in [1.29, 1.82) is 0 Å². The highest BCUT2D eigenvalue weighted by Gasteiger charge is 2.22. The summed E-state index contributed by atoms with van der Waals surface area (Å²) in [4.78, 5) is 10.8. The van der Waals surface area contributed by atoms with Gasteiger partial charge in [0.05, 0.1) is 40.2 Å². The maximum absolute atomic E-state index is 15.7. The maximum atomic E-state index is 15.7. The lowest BCUT2D eigenvalue weighted by molar-refractivity contribution is -0.0367. The Morgan fingerprint density at radius 2 is 1.90 bits per heavy atom. The lowest BCUT2D eigenvalue weighted by Crippen LogP contribution is -2.35. The molecule has 2 fully saturated rings. The van der Waals surface area contributed by atoms with Gasteiger partial charge in [-0.25, -0.2) is 9.07 Å². The van der Waals surface area contributed by atoms with Crippen molar-refractivity contribution in [2.45, 2.75) is 45.1 Å². The van der Waals surface area contributed by atoms with Crippen LogP contribution in [0.2, 0.25) is 10.0 Å². The van der Waals surface area contributed by atoms with Crippen molar-refractivity contribution >= 4 is 46.0 Å². The van der Waals surface area contributed by atoms with Gasteiger partial charge in [0.15, 0.2) is 6.23 Å². The number of aromatic nitrogens is 4. The van der Waals surface area contributed by atoms with Gasteiger partial charge in [0.2, 0.25) is 0 Å². The molecule has 5 heterocycles. The topological polar surface area (TPSA) is 74.5 Å². The van der Waals surface area contributed by atoms with Crippen molar-refractivity contribution in [2.24, 2.45) is 0 Å². The molecular weight excluding hydrogens is 580 g/mol. The lowest BCUT2D eigenvalue weighted by Gasteiger charge is -2.26. The zero-order valence-corrected chi connectivity index (χ0v) is 24.8. The number of pyridine rings is 2. The summed E-state index contributed by atoms with van der Waals surface area (Å²) in [5.74, 6) is 0.152. The molecule has 2 saturated heterocycles. The summed E-state index contributed by atoms with van der Waals surface area (Å²) in [6.45, 7) is 6.42. The number of fused-ring (bicyclic) bond motifs is 1. The van der Waals surface area contributed by atoms with Gasteiger partial charge in [-0.1, -0.05) is 23.2 Å². The van der Waals surface area contributed by atoms with Gasteiger partial charge in [0.25, 0.3) is 0 Å². The average Bonchev–Trinajstić information content (AvgIpc) is 3.35. The Kier molecular flexibility index (Phi) is 9.02. The third-order valence-electron chi connectivity index (χ3n) is 7.60. The van der Waals surface area contributed by atoms with Crippen molar-refractivity contribution in [3.8, 4) is 5.75 Å². The Labute approximate surface area is 254 Å². The zero-order chi connectivity index (χ0) is 29.1. The highest BCUT2D eigenvalue weighted by molar-refractivity contribution is 6.35. The summed E-state index contributed by atoms with van der Waals surface area (Å²) in [6.07, 6.45) is 8.33. The van der Waals surface area contributed by atoms with Gasteiger partial charge in [-0.05, 0) is 56.5 Å². The zero-order valence-electron chi connectivity index (χ0n) is 23.3. The molecule has 2 atom stereocenters. The monoisotopic (exact) mass is 611 g/mol. The smallest absolute Gasteiger partial charge is 0.150 e. The molecule has 0 N–H and O–H groups in total. The van der Waals surface area contributed by atoms with E-state index < -0.39 is 11.9 Å². The summed E-state index contributed by atoms with van der Waals surface area (Å²) >= 11 is 12.7. The highest BCUT2D eigenvalue weighted by atomic mass is 35.5. The van der Waals surface area contributed by atoms with Gasteiger partial charge in [0.1, 0.15) is 17.7 Å². The van der Waals surface area contributed by atoms with E-state index in [4.69, 9.17) is 42.5 Å². The molecule has 2 aliphatic heterocycles. The van der Waals surface area contributed by atoms with Crippen LogP contribution in [0.3, 0.4) is 0 Å². The molecule has 8 nitrogen and oxygen atoms in total. The fraction of sp³-hybridized carbons (Fsp3) is 0.387. The molecule has 0 saturated carbocycles. The van der Waals surface area contributed by atoms with Crippen LogP contribution in [-0.2, 0) is 16.0 Å². The van der Waals surface area contributed by atoms with Gasteiger partial charge in [0, 0.05) is 67.4 Å². The van der Waals surface area contributed by atoms with Crippen LogP contribution in [0.25, 0.3) is 22.8 Å². The molecule has 2 aliphatic rings. The van der Waals surface area contributed by atoms with Gasteiger partial charge in [-0.15, -0.1) is 0 Å². The Morgan fingerprint density at radius 1 is 1.10 bits per heavy atom. The molecule has 4 aromatic rings. The Bertz CT molecular complexity index is 1550. The number of halogens is 3. The van der Waals surface area contributed by atoms with E-state index in [-0.39, 0.29) is 6.23 Å². The molecule has 0 radical (unpaired) electrons. The van der Waals surface area contributed by atoms with E-state index in [1.54, 1.807) is 12.3 Å². The summed E-state index contributed by atoms with van der Waals surface area (Å²) in [5, 5.41) is 6.40. The van der Waals surface area contributed by atoms with E-state index in [2.05, 4.69) is 14.9 Å². The minimum absolute atomic E-state index is 0.215. The predicted molar refractivity (Wildman–Crippen MR) is 161 cm³/mol. The van der Waals surface area contributed by atoms with Gasteiger partial charge in [-0.2, -0.15) is 5.10 Å². The van der Waals surface area contributed by atoms with E-state index in [1.165, 1.54) is 18.5 Å². The highest BCUT2D eigenvalue weighted by Crippen LogP contribution is 2.36. The number of nitrogens with zero attached hydrogens (tertiary/aromatic N) is 5. The molecule has 0 bridgehead atoms. The van der Waals surface area contributed by atoms with Crippen molar-refractivity contribution in [3.05, 3.63) is 81.5 Å². The molecular formula is C31H32Cl2FN5O3. The SMILES string of the molecule is CC(Oc1ccc2c(c1)c(/C=C(\F)c1ccc(CN3CCOCC3)nc1)nn2C1CCCCO1)c1c(Cl)cncc1Cl. The van der Waals surface area contributed by atoms with Gasteiger partial charge in [-0.3, -0.25) is 14.9 Å². The predicted octanol–water partition coefficient (Wildman–Crippen LogP) is 7.27. The first-order chi connectivity index (χ1) is 20.5. The third-order valence-corrected chi connectivity index (χ3v) is 8.20. The van der Waals surface area contributed by atoms with Crippen molar-refractivity contribution in [1.82, 2.24) is 24.6 Å². The standard InChI is InChI=1S/C31H32Cl2FN5O3/c1-20(31-25(32)17-35-18-26(31)33)42-23-7-8-29-24(14-23)28(37-39(29)30-4-2-3-11-41-30)15-27(34)21-5-6-22(36-16-21)19-38-9-12-40-13-10-38/h5-8,14-18,20,30H,2-4,9-13,19H2,1H3/b27-15-. The molecule has 2 unspecified atom stereocenters. The molecule has 6 rings (SSSR count). The average molecular weight is 613 g/mol. The Morgan fingerprint density at radius 3 is 2.62 bits per heavy atom. The van der Waals surface area contributed by atoms with E-state index in [9.17, 15) is 0 Å². The number of hydrogen-bond donors (Lipinski definition) is 0. The van der Waals surface area contributed by atoms with Crippen LogP contribution in [0.4, 0.5) is 4.39 Å². The molecule has 0 aliphatic carbocycles. The summed E-state index contributed by atoms with van der Waals surface area (Å²) < 4.78 is 35.2. The van der Waals surface area contributed by atoms with E-state index in [1.807, 2.05) is 35.9 Å². The molecule has 1 aromatic carbocycles. The number of benzene rings is 1. The van der Waals surface area contributed by atoms with E-state index >= 15 is 4.39 Å². The molecule has 3 aromatic heterocycles. The van der Waals surface area contributed by atoms with E-state index in [0.717, 1.165) is 62.2 Å². The number of morpholine rings is 1. The van der Waals surface area contributed by atoms with Crippen LogP contribution < -0.4 is 4.74 Å². The lowest BCUT2D eigenvalue weighted by atomic mass is 10.1. The second-order valence-corrected chi connectivity index (χ2v) is 11.3. The molecule has 220 valence electrons. The normalized spacial score (nSPS) is 19.2.